The van der Waals surface area contributed by atoms with Crippen LogP contribution in [0.2, 0.25) is 5.02 Å². The summed E-state index contributed by atoms with van der Waals surface area (Å²) in [4.78, 5) is 18.9. The largest absolute Gasteiger partial charge is 0.339 e. The Bertz CT molecular complexity index is 641. The molecule has 1 atom stereocenters. The predicted molar refractivity (Wildman–Crippen MR) is 91.4 cm³/mol. The van der Waals surface area contributed by atoms with Gasteiger partial charge < -0.3 is 9.47 Å². The Labute approximate surface area is 142 Å². The fraction of sp³-hybridized carbons (Fsp3) is 0.444. The summed E-state index contributed by atoms with van der Waals surface area (Å²) in [6.07, 6.45) is 10.4. The van der Waals surface area contributed by atoms with Crippen LogP contribution in [0.4, 0.5) is 0 Å². The van der Waals surface area contributed by atoms with Gasteiger partial charge in [-0.1, -0.05) is 23.7 Å². The fourth-order valence-corrected chi connectivity index (χ4v) is 3.48. The van der Waals surface area contributed by atoms with Crippen molar-refractivity contribution in [3.05, 3.63) is 53.6 Å². The van der Waals surface area contributed by atoms with Gasteiger partial charge in [0.05, 0.1) is 12.7 Å². The van der Waals surface area contributed by atoms with Crippen molar-refractivity contribution in [2.24, 2.45) is 0 Å². The molecule has 1 aromatic heterocycles. The van der Waals surface area contributed by atoms with E-state index in [1.165, 1.54) is 6.42 Å². The van der Waals surface area contributed by atoms with E-state index in [4.69, 9.17) is 11.6 Å². The first kappa shape index (κ1) is 16.1. The lowest BCUT2D eigenvalue weighted by atomic mass is 9.98. The molecule has 23 heavy (non-hydrogen) atoms. The van der Waals surface area contributed by atoms with E-state index in [-0.39, 0.29) is 5.91 Å². The second kappa shape index (κ2) is 7.64. The quantitative estimate of drug-likeness (QED) is 0.840. The summed E-state index contributed by atoms with van der Waals surface area (Å²) in [6.45, 7) is 1.78. The summed E-state index contributed by atoms with van der Waals surface area (Å²) in [5.41, 5.74) is 0.987. The van der Waals surface area contributed by atoms with Gasteiger partial charge in [-0.15, -0.1) is 0 Å². The predicted octanol–water partition coefficient (Wildman–Crippen LogP) is 3.55. The van der Waals surface area contributed by atoms with Crippen LogP contribution in [0.15, 0.2) is 43.0 Å². The zero-order chi connectivity index (χ0) is 16.1. The maximum Gasteiger partial charge on any atom is 0.227 e. The number of carbonyl (C=O) groups is 1. The minimum atomic E-state index is 0.211. The Kier molecular flexibility index (Phi) is 5.34. The monoisotopic (exact) mass is 331 g/mol. The summed E-state index contributed by atoms with van der Waals surface area (Å²) in [5.74, 6) is 0.211. The molecule has 3 rings (SSSR count). The van der Waals surface area contributed by atoms with E-state index in [2.05, 4.69) is 14.5 Å². The van der Waals surface area contributed by atoms with Gasteiger partial charge in [0.15, 0.2) is 0 Å². The van der Waals surface area contributed by atoms with Crippen molar-refractivity contribution in [3.8, 4) is 0 Å². The van der Waals surface area contributed by atoms with Crippen molar-refractivity contribution in [1.82, 2.24) is 14.5 Å². The van der Waals surface area contributed by atoms with E-state index in [1.54, 1.807) is 6.20 Å². The number of rotatable bonds is 5. The van der Waals surface area contributed by atoms with E-state index in [0.29, 0.717) is 17.5 Å². The number of carbonyl (C=O) groups excluding carboxylic acids is 1. The molecule has 0 bridgehead atoms. The average molecular weight is 332 g/mol. The summed E-state index contributed by atoms with van der Waals surface area (Å²) in [6, 6.07) is 7.91. The zero-order valence-corrected chi connectivity index (χ0v) is 14.0. The number of likely N-dealkylation sites (tertiary alicyclic amines) is 1. The Balaban J connectivity index is 1.61. The molecule has 1 fully saturated rings. The van der Waals surface area contributed by atoms with E-state index in [1.807, 2.05) is 36.8 Å². The second-order valence-electron chi connectivity index (χ2n) is 6.13. The van der Waals surface area contributed by atoms with Gasteiger partial charge in [-0.3, -0.25) is 4.79 Å². The highest BCUT2D eigenvalue weighted by atomic mass is 35.5. The molecule has 2 heterocycles. The smallest absolute Gasteiger partial charge is 0.227 e. The number of aryl methyl sites for hydroxylation is 1. The van der Waals surface area contributed by atoms with Crippen molar-refractivity contribution in [2.75, 3.05) is 6.54 Å². The van der Waals surface area contributed by atoms with E-state index >= 15 is 0 Å². The Morgan fingerprint density at radius 1 is 1.35 bits per heavy atom. The van der Waals surface area contributed by atoms with Gasteiger partial charge in [0, 0.05) is 36.5 Å². The molecule has 1 aliphatic heterocycles. The number of hydrogen-bond acceptors (Lipinski definition) is 2. The summed E-state index contributed by atoms with van der Waals surface area (Å²) >= 11 is 6.02. The molecular weight excluding hydrogens is 310 g/mol. The molecule has 2 aromatic rings. The minimum absolute atomic E-state index is 0.211. The van der Waals surface area contributed by atoms with Crippen molar-refractivity contribution in [1.29, 1.82) is 0 Å². The summed E-state index contributed by atoms with van der Waals surface area (Å²) < 4.78 is 2.08. The number of nitrogens with zero attached hydrogens (tertiary/aromatic N) is 3. The lowest BCUT2D eigenvalue weighted by molar-refractivity contribution is -0.134. The minimum Gasteiger partial charge on any atom is -0.339 e. The van der Waals surface area contributed by atoms with Crippen LogP contribution in [-0.4, -0.2) is 32.9 Å². The molecule has 1 aromatic carbocycles. The van der Waals surface area contributed by atoms with Crippen LogP contribution in [0.25, 0.3) is 0 Å². The Hall–Kier alpha value is -1.81. The standard InChI is InChI=1S/C18H22ClN3O/c19-16-5-3-4-15(12-16)13-18(23)22-9-2-1-6-17(22)7-10-21-11-8-20-14-21/h3-5,8,11-12,14,17H,1-2,6-7,9-10,13H2/t17-/m0/s1. The third-order valence-electron chi connectivity index (χ3n) is 4.47. The van der Waals surface area contributed by atoms with E-state index in [9.17, 15) is 4.79 Å². The first-order chi connectivity index (χ1) is 11.2. The van der Waals surface area contributed by atoms with Crippen molar-refractivity contribution < 1.29 is 4.79 Å². The van der Waals surface area contributed by atoms with Crippen LogP contribution in [0.1, 0.15) is 31.2 Å². The van der Waals surface area contributed by atoms with Crippen molar-refractivity contribution >= 4 is 17.5 Å². The van der Waals surface area contributed by atoms with Crippen LogP contribution in [0.5, 0.6) is 0 Å². The van der Waals surface area contributed by atoms with Crippen molar-refractivity contribution in [3.63, 3.8) is 0 Å². The van der Waals surface area contributed by atoms with Crippen molar-refractivity contribution in [2.45, 2.75) is 44.7 Å². The molecule has 0 N–H and O–H groups in total. The number of benzene rings is 1. The van der Waals surface area contributed by atoms with Gasteiger partial charge in [0.2, 0.25) is 5.91 Å². The Morgan fingerprint density at radius 3 is 3.04 bits per heavy atom. The van der Waals surface area contributed by atoms with Gasteiger partial charge in [-0.2, -0.15) is 0 Å². The molecule has 1 aliphatic rings. The highest BCUT2D eigenvalue weighted by Gasteiger charge is 2.26. The van der Waals surface area contributed by atoms with Gasteiger partial charge in [0.25, 0.3) is 0 Å². The number of piperidine rings is 1. The molecule has 0 aliphatic carbocycles. The van der Waals surface area contributed by atoms with Gasteiger partial charge in [-0.05, 0) is 43.4 Å². The fourth-order valence-electron chi connectivity index (χ4n) is 3.27. The average Bonchev–Trinajstić information content (AvgIpc) is 3.06. The molecule has 0 unspecified atom stereocenters. The lowest BCUT2D eigenvalue weighted by Gasteiger charge is -2.36. The zero-order valence-electron chi connectivity index (χ0n) is 13.2. The maximum absolute atomic E-state index is 12.7. The van der Waals surface area contributed by atoms with Gasteiger partial charge in [0.1, 0.15) is 0 Å². The highest BCUT2D eigenvalue weighted by Crippen LogP contribution is 2.22. The number of amides is 1. The molecule has 1 amide bonds. The number of aromatic nitrogens is 2. The topological polar surface area (TPSA) is 38.1 Å². The van der Waals surface area contributed by atoms with Gasteiger partial charge in [-0.25, -0.2) is 4.98 Å². The maximum atomic E-state index is 12.7. The molecule has 1 saturated heterocycles. The number of imidazole rings is 1. The molecular formula is C18H22ClN3O. The van der Waals surface area contributed by atoms with Crippen LogP contribution in [0, 0.1) is 0 Å². The number of hydrogen-bond donors (Lipinski definition) is 0. The molecule has 4 nitrogen and oxygen atoms in total. The SMILES string of the molecule is O=C(Cc1cccc(Cl)c1)N1CCCC[C@H]1CCn1ccnc1. The molecule has 122 valence electrons. The molecule has 0 radical (unpaired) electrons. The number of halogens is 1. The van der Waals surface area contributed by atoms with Crippen LogP contribution < -0.4 is 0 Å². The van der Waals surface area contributed by atoms with Crippen LogP contribution in [0.3, 0.4) is 0 Å². The summed E-state index contributed by atoms with van der Waals surface area (Å²) in [7, 11) is 0. The normalized spacial score (nSPS) is 18.1. The highest BCUT2D eigenvalue weighted by molar-refractivity contribution is 6.30. The third-order valence-corrected chi connectivity index (χ3v) is 4.71. The van der Waals surface area contributed by atoms with E-state index < -0.39 is 0 Å². The van der Waals surface area contributed by atoms with Crippen LogP contribution in [-0.2, 0) is 17.8 Å². The Morgan fingerprint density at radius 2 is 2.26 bits per heavy atom. The molecule has 0 spiro atoms. The molecule has 5 heteroatoms. The van der Waals surface area contributed by atoms with Crippen LogP contribution >= 0.6 is 11.6 Å². The first-order valence-corrected chi connectivity index (χ1v) is 8.60. The second-order valence-corrected chi connectivity index (χ2v) is 6.57. The van der Waals surface area contributed by atoms with Gasteiger partial charge >= 0.3 is 0 Å². The molecule has 0 saturated carbocycles. The summed E-state index contributed by atoms with van der Waals surface area (Å²) in [5, 5.41) is 0.686. The lowest BCUT2D eigenvalue weighted by Crippen LogP contribution is -2.44. The van der Waals surface area contributed by atoms with E-state index in [0.717, 1.165) is 37.9 Å². The third kappa shape index (κ3) is 4.35. The first-order valence-electron chi connectivity index (χ1n) is 8.22.